The SMILES string of the molecule is CC(C)COC(=O)c1ccc(Br)c(S(N)(=O)=O)c1. The number of hydrogen-bond acceptors (Lipinski definition) is 4. The smallest absolute Gasteiger partial charge is 0.338 e. The Morgan fingerprint density at radius 1 is 1.44 bits per heavy atom. The number of carbonyl (C=O) groups excluding carboxylic acids is 1. The van der Waals surface area contributed by atoms with Crippen molar-refractivity contribution in [3.8, 4) is 0 Å². The Kier molecular flexibility index (Phi) is 4.89. The number of carbonyl (C=O) groups is 1. The highest BCUT2D eigenvalue weighted by molar-refractivity contribution is 9.10. The lowest BCUT2D eigenvalue weighted by Gasteiger charge is -2.08. The van der Waals surface area contributed by atoms with Gasteiger partial charge in [-0.05, 0) is 40.0 Å². The number of primary sulfonamides is 1. The molecular formula is C11H14BrNO4S. The molecule has 18 heavy (non-hydrogen) atoms. The maximum absolute atomic E-state index is 11.7. The van der Waals surface area contributed by atoms with Gasteiger partial charge in [-0.1, -0.05) is 13.8 Å². The largest absolute Gasteiger partial charge is 0.462 e. The third-order valence-electron chi connectivity index (χ3n) is 2.02. The van der Waals surface area contributed by atoms with Gasteiger partial charge in [-0.3, -0.25) is 0 Å². The molecule has 0 heterocycles. The van der Waals surface area contributed by atoms with Gasteiger partial charge >= 0.3 is 5.97 Å². The van der Waals surface area contributed by atoms with Crippen LogP contribution >= 0.6 is 15.9 Å². The molecule has 0 fully saturated rings. The molecule has 0 unspecified atom stereocenters. The van der Waals surface area contributed by atoms with Crippen LogP contribution in [0.4, 0.5) is 0 Å². The van der Waals surface area contributed by atoms with Gasteiger partial charge < -0.3 is 4.74 Å². The second-order valence-corrected chi connectivity index (χ2v) is 6.57. The molecule has 0 aliphatic rings. The van der Waals surface area contributed by atoms with Crippen molar-refractivity contribution in [3.05, 3.63) is 28.2 Å². The number of esters is 1. The molecule has 100 valence electrons. The molecule has 0 amide bonds. The molecule has 0 aliphatic carbocycles. The summed E-state index contributed by atoms with van der Waals surface area (Å²) in [6.45, 7) is 4.09. The van der Waals surface area contributed by atoms with E-state index < -0.39 is 16.0 Å². The van der Waals surface area contributed by atoms with Crippen LogP contribution in [0.3, 0.4) is 0 Å². The van der Waals surface area contributed by atoms with Crippen LogP contribution in [0.25, 0.3) is 0 Å². The number of sulfonamides is 1. The Morgan fingerprint density at radius 3 is 2.56 bits per heavy atom. The molecule has 5 nitrogen and oxygen atoms in total. The molecule has 1 aromatic carbocycles. The summed E-state index contributed by atoms with van der Waals surface area (Å²) in [4.78, 5) is 11.5. The molecule has 0 radical (unpaired) electrons. The van der Waals surface area contributed by atoms with Crippen LogP contribution in [0.1, 0.15) is 24.2 Å². The quantitative estimate of drug-likeness (QED) is 0.851. The summed E-state index contributed by atoms with van der Waals surface area (Å²) in [5.41, 5.74) is 0.155. The average molecular weight is 336 g/mol. The van der Waals surface area contributed by atoms with Crippen LogP contribution in [-0.4, -0.2) is 21.0 Å². The van der Waals surface area contributed by atoms with E-state index in [-0.39, 0.29) is 23.0 Å². The number of rotatable bonds is 4. The number of halogens is 1. The lowest BCUT2D eigenvalue weighted by Crippen LogP contribution is -2.15. The number of hydrogen-bond donors (Lipinski definition) is 1. The minimum absolute atomic E-state index is 0.138. The van der Waals surface area contributed by atoms with Gasteiger partial charge in [0.15, 0.2) is 0 Å². The predicted octanol–water partition coefficient (Wildman–Crippen LogP) is 1.91. The Morgan fingerprint density at radius 2 is 2.06 bits per heavy atom. The van der Waals surface area contributed by atoms with E-state index in [1.807, 2.05) is 13.8 Å². The minimum atomic E-state index is -3.88. The summed E-state index contributed by atoms with van der Waals surface area (Å²) in [6, 6.07) is 4.12. The summed E-state index contributed by atoms with van der Waals surface area (Å²) in [7, 11) is -3.88. The van der Waals surface area contributed by atoms with Gasteiger partial charge in [-0.25, -0.2) is 18.4 Å². The van der Waals surface area contributed by atoms with E-state index in [4.69, 9.17) is 9.88 Å². The zero-order valence-electron chi connectivity index (χ0n) is 10.0. The first-order valence-electron chi connectivity index (χ1n) is 5.21. The fraction of sp³-hybridized carbons (Fsp3) is 0.364. The summed E-state index contributed by atoms with van der Waals surface area (Å²) >= 11 is 3.07. The van der Waals surface area contributed by atoms with Gasteiger partial charge in [0.2, 0.25) is 10.0 Å². The van der Waals surface area contributed by atoms with Crippen molar-refractivity contribution < 1.29 is 17.9 Å². The van der Waals surface area contributed by atoms with Crippen LogP contribution in [0, 0.1) is 5.92 Å². The third-order valence-corrected chi connectivity index (χ3v) is 3.93. The third kappa shape index (κ3) is 4.08. The first kappa shape index (κ1) is 15.1. The maximum Gasteiger partial charge on any atom is 0.338 e. The van der Waals surface area contributed by atoms with Crippen LogP contribution in [0.2, 0.25) is 0 Å². The van der Waals surface area contributed by atoms with Crippen LogP contribution in [0.15, 0.2) is 27.6 Å². The summed E-state index contributed by atoms with van der Waals surface area (Å²) in [6.07, 6.45) is 0. The summed E-state index contributed by atoms with van der Waals surface area (Å²) < 4.78 is 27.9. The fourth-order valence-corrected chi connectivity index (χ4v) is 2.73. The summed E-state index contributed by atoms with van der Waals surface area (Å²) in [5, 5.41) is 5.04. The van der Waals surface area contributed by atoms with Crippen molar-refractivity contribution >= 4 is 31.9 Å². The van der Waals surface area contributed by atoms with Gasteiger partial charge in [-0.15, -0.1) is 0 Å². The molecule has 0 atom stereocenters. The van der Waals surface area contributed by atoms with Crippen molar-refractivity contribution in [3.63, 3.8) is 0 Å². The van der Waals surface area contributed by atoms with Gasteiger partial charge in [0.25, 0.3) is 0 Å². The van der Waals surface area contributed by atoms with E-state index >= 15 is 0 Å². The topological polar surface area (TPSA) is 86.5 Å². The first-order valence-corrected chi connectivity index (χ1v) is 7.55. The van der Waals surface area contributed by atoms with Crippen molar-refractivity contribution in [2.75, 3.05) is 6.61 Å². The number of benzene rings is 1. The second kappa shape index (κ2) is 5.81. The molecule has 0 aromatic heterocycles. The molecule has 2 N–H and O–H groups in total. The van der Waals surface area contributed by atoms with E-state index in [1.165, 1.54) is 18.2 Å². The lowest BCUT2D eigenvalue weighted by atomic mass is 10.2. The zero-order valence-corrected chi connectivity index (χ0v) is 12.4. The van der Waals surface area contributed by atoms with Gasteiger partial charge in [0, 0.05) is 4.47 Å². The van der Waals surface area contributed by atoms with Crippen molar-refractivity contribution in [2.45, 2.75) is 18.7 Å². The normalized spacial score (nSPS) is 11.6. The maximum atomic E-state index is 11.7. The molecule has 7 heteroatoms. The van der Waals surface area contributed by atoms with E-state index in [9.17, 15) is 13.2 Å². The summed E-state index contributed by atoms with van der Waals surface area (Å²) in [5.74, 6) is -0.358. The fourth-order valence-electron chi connectivity index (χ4n) is 1.17. The van der Waals surface area contributed by atoms with E-state index in [0.29, 0.717) is 4.47 Å². The molecule has 0 spiro atoms. The Hall–Kier alpha value is -0.920. The first-order chi connectivity index (χ1) is 8.21. The van der Waals surface area contributed by atoms with E-state index in [0.717, 1.165) is 0 Å². The van der Waals surface area contributed by atoms with E-state index in [2.05, 4.69) is 15.9 Å². The molecular weight excluding hydrogens is 322 g/mol. The Labute approximate surface area is 114 Å². The van der Waals surface area contributed by atoms with Gasteiger partial charge in [0.1, 0.15) is 0 Å². The molecule has 1 rings (SSSR count). The Balaban J connectivity index is 3.02. The lowest BCUT2D eigenvalue weighted by molar-refractivity contribution is 0.0458. The molecule has 0 aliphatic heterocycles. The highest BCUT2D eigenvalue weighted by Crippen LogP contribution is 2.22. The molecule has 0 saturated carbocycles. The second-order valence-electron chi connectivity index (χ2n) is 4.18. The van der Waals surface area contributed by atoms with Crippen molar-refractivity contribution in [1.82, 2.24) is 0 Å². The average Bonchev–Trinajstić information content (AvgIpc) is 2.24. The molecule has 0 bridgehead atoms. The monoisotopic (exact) mass is 335 g/mol. The van der Waals surface area contributed by atoms with Crippen molar-refractivity contribution in [2.24, 2.45) is 11.1 Å². The number of nitrogens with two attached hydrogens (primary N) is 1. The van der Waals surface area contributed by atoms with Gasteiger partial charge in [-0.2, -0.15) is 0 Å². The Bertz CT molecular complexity index is 554. The zero-order chi connectivity index (χ0) is 13.9. The molecule has 1 aromatic rings. The highest BCUT2D eigenvalue weighted by atomic mass is 79.9. The predicted molar refractivity (Wildman–Crippen MR) is 70.6 cm³/mol. The standard InChI is InChI=1S/C11H14BrNO4S/c1-7(2)6-17-11(14)8-3-4-9(12)10(5-8)18(13,15)16/h3-5,7H,6H2,1-2H3,(H2,13,15,16). The molecule has 0 saturated heterocycles. The highest BCUT2D eigenvalue weighted by Gasteiger charge is 2.16. The van der Waals surface area contributed by atoms with Crippen LogP contribution < -0.4 is 5.14 Å². The number of ether oxygens (including phenoxy) is 1. The minimum Gasteiger partial charge on any atom is -0.462 e. The van der Waals surface area contributed by atoms with Gasteiger partial charge in [0.05, 0.1) is 17.1 Å². The van der Waals surface area contributed by atoms with E-state index in [1.54, 1.807) is 0 Å². The van der Waals surface area contributed by atoms with Crippen LogP contribution in [-0.2, 0) is 14.8 Å². The van der Waals surface area contributed by atoms with Crippen molar-refractivity contribution in [1.29, 1.82) is 0 Å². The van der Waals surface area contributed by atoms with Crippen LogP contribution in [0.5, 0.6) is 0 Å².